The number of hydrogen-bond donors (Lipinski definition) is 1. The first kappa shape index (κ1) is 23.2. The fourth-order valence-electron chi connectivity index (χ4n) is 5.39. The Morgan fingerprint density at radius 2 is 1.89 bits per heavy atom. The predicted octanol–water partition coefficient (Wildman–Crippen LogP) is 7.53. The Balaban J connectivity index is 1.48. The average Bonchev–Trinajstić information content (AvgIpc) is 3.48. The molecule has 1 aliphatic heterocycles. The van der Waals surface area contributed by atoms with Crippen LogP contribution in [0.3, 0.4) is 0 Å². The number of methoxy groups -OCH3 is 1. The van der Waals surface area contributed by atoms with Crippen molar-refractivity contribution in [3.05, 3.63) is 98.6 Å². The average molecular weight is 518 g/mol. The molecule has 0 bridgehead atoms. The second-order valence-electron chi connectivity index (χ2n) is 9.50. The number of anilines is 1. The van der Waals surface area contributed by atoms with E-state index in [0.717, 1.165) is 35.4 Å². The number of benzene rings is 2. The van der Waals surface area contributed by atoms with Crippen LogP contribution < -0.4 is 10.1 Å². The van der Waals surface area contributed by atoms with E-state index in [4.69, 9.17) is 16.3 Å². The van der Waals surface area contributed by atoms with Gasteiger partial charge in [0.1, 0.15) is 10.8 Å². The summed E-state index contributed by atoms with van der Waals surface area (Å²) >= 11 is 8.26. The van der Waals surface area contributed by atoms with Gasteiger partial charge in [0.15, 0.2) is 0 Å². The lowest BCUT2D eigenvalue weighted by atomic mass is 9.95. The van der Waals surface area contributed by atoms with Crippen molar-refractivity contribution in [3.8, 4) is 10.8 Å². The molecule has 5 nitrogen and oxygen atoms in total. The first-order valence-electron chi connectivity index (χ1n) is 12.3. The second-order valence-corrected chi connectivity index (χ2v) is 11.0. The summed E-state index contributed by atoms with van der Waals surface area (Å²) < 4.78 is 7.70. The Hall–Kier alpha value is -3.22. The number of carbonyl (C=O) groups is 1. The molecule has 0 fully saturated rings. The fourth-order valence-corrected chi connectivity index (χ4v) is 6.97. The summed E-state index contributed by atoms with van der Waals surface area (Å²) in [5.74, 6) is 0.793. The molecule has 2 aliphatic rings. The van der Waals surface area contributed by atoms with Crippen molar-refractivity contribution in [2.45, 2.75) is 45.2 Å². The highest BCUT2D eigenvalue weighted by Gasteiger charge is 2.36. The summed E-state index contributed by atoms with van der Waals surface area (Å²) in [7, 11) is 1.67. The number of rotatable bonds is 3. The molecule has 36 heavy (non-hydrogen) atoms. The van der Waals surface area contributed by atoms with Crippen molar-refractivity contribution in [1.82, 2.24) is 9.47 Å². The van der Waals surface area contributed by atoms with E-state index in [2.05, 4.69) is 40.3 Å². The van der Waals surface area contributed by atoms with Gasteiger partial charge in [0.05, 0.1) is 25.4 Å². The van der Waals surface area contributed by atoms with Crippen molar-refractivity contribution >= 4 is 34.7 Å². The molecule has 0 saturated carbocycles. The number of halogens is 1. The van der Waals surface area contributed by atoms with Gasteiger partial charge in [-0.1, -0.05) is 29.8 Å². The van der Waals surface area contributed by atoms with Gasteiger partial charge < -0.3 is 19.5 Å². The smallest absolute Gasteiger partial charge is 0.322 e. The minimum Gasteiger partial charge on any atom is -0.497 e. The highest BCUT2D eigenvalue weighted by atomic mass is 35.5. The van der Waals surface area contributed by atoms with Crippen LogP contribution in [0, 0.1) is 6.92 Å². The van der Waals surface area contributed by atoms with Crippen LogP contribution in [0.5, 0.6) is 5.75 Å². The molecule has 2 aromatic heterocycles. The van der Waals surface area contributed by atoms with Crippen LogP contribution in [0.2, 0.25) is 5.02 Å². The quantitative estimate of drug-likeness (QED) is 0.305. The summed E-state index contributed by atoms with van der Waals surface area (Å²) in [6.07, 6.45) is 6.77. The molecule has 6 rings (SSSR count). The number of urea groups is 1. The van der Waals surface area contributed by atoms with Gasteiger partial charge in [-0.05, 0) is 85.7 Å². The lowest BCUT2D eigenvalue weighted by Crippen LogP contribution is -2.38. The second kappa shape index (κ2) is 9.34. The summed E-state index contributed by atoms with van der Waals surface area (Å²) in [5, 5.41) is 5.01. The van der Waals surface area contributed by atoms with Gasteiger partial charge >= 0.3 is 6.03 Å². The van der Waals surface area contributed by atoms with Gasteiger partial charge in [-0.15, -0.1) is 11.3 Å². The zero-order valence-corrected chi connectivity index (χ0v) is 22.0. The summed E-state index contributed by atoms with van der Waals surface area (Å²) in [6, 6.07) is 17.5. The van der Waals surface area contributed by atoms with E-state index in [1.54, 1.807) is 7.11 Å². The van der Waals surface area contributed by atoms with E-state index in [1.165, 1.54) is 33.8 Å². The van der Waals surface area contributed by atoms with Gasteiger partial charge in [-0.3, -0.25) is 0 Å². The first-order chi connectivity index (χ1) is 17.5. The number of nitrogens with one attached hydrogen (secondary N) is 1. The number of carbonyl (C=O) groups excluding carboxylic acids is 1. The molecule has 0 radical (unpaired) electrons. The molecular formula is C29H28ClN3O2S. The minimum atomic E-state index is -0.259. The Morgan fingerprint density at radius 3 is 2.67 bits per heavy atom. The zero-order valence-electron chi connectivity index (χ0n) is 20.4. The molecular weight excluding hydrogens is 490 g/mol. The largest absolute Gasteiger partial charge is 0.497 e. The molecule has 2 aromatic carbocycles. The van der Waals surface area contributed by atoms with E-state index in [1.807, 2.05) is 53.5 Å². The number of ether oxygens (including phenoxy) is 1. The molecule has 4 aromatic rings. The number of hydrogen-bond acceptors (Lipinski definition) is 3. The Kier molecular flexibility index (Phi) is 6.02. The van der Waals surface area contributed by atoms with Crippen molar-refractivity contribution in [1.29, 1.82) is 0 Å². The van der Waals surface area contributed by atoms with Gasteiger partial charge in [-0.25, -0.2) is 4.79 Å². The zero-order chi connectivity index (χ0) is 24.8. The van der Waals surface area contributed by atoms with E-state index < -0.39 is 0 Å². The van der Waals surface area contributed by atoms with Gasteiger partial charge in [-0.2, -0.15) is 0 Å². The summed E-state index contributed by atoms with van der Waals surface area (Å²) in [6.45, 7) is 2.50. The van der Waals surface area contributed by atoms with Crippen molar-refractivity contribution < 1.29 is 9.53 Å². The molecule has 1 aliphatic carbocycles. The topological polar surface area (TPSA) is 46.5 Å². The molecule has 1 atom stereocenters. The Morgan fingerprint density at radius 1 is 1.08 bits per heavy atom. The fraction of sp³-hybridized carbons (Fsp3) is 0.276. The van der Waals surface area contributed by atoms with E-state index in [0.29, 0.717) is 17.3 Å². The van der Waals surface area contributed by atoms with Crippen LogP contribution in [-0.4, -0.2) is 22.6 Å². The first-order valence-corrected chi connectivity index (χ1v) is 13.5. The van der Waals surface area contributed by atoms with Crippen LogP contribution in [0.15, 0.2) is 60.8 Å². The molecule has 184 valence electrons. The van der Waals surface area contributed by atoms with Crippen LogP contribution in [-0.2, 0) is 19.4 Å². The maximum atomic E-state index is 14.0. The molecule has 2 amide bonds. The van der Waals surface area contributed by atoms with Crippen molar-refractivity contribution in [3.63, 3.8) is 0 Å². The number of nitrogens with zero attached hydrogens (tertiary/aromatic N) is 2. The monoisotopic (exact) mass is 517 g/mol. The molecule has 0 saturated heterocycles. The lowest BCUT2D eigenvalue weighted by molar-refractivity contribution is 0.194. The number of amides is 2. The number of aryl methyl sites for hydroxylation is 2. The number of thiophene rings is 1. The third-order valence-corrected chi connectivity index (χ3v) is 9.03. The highest BCUT2D eigenvalue weighted by Crippen LogP contribution is 2.44. The van der Waals surface area contributed by atoms with E-state index in [-0.39, 0.29) is 12.1 Å². The molecule has 0 spiro atoms. The predicted molar refractivity (Wildman–Crippen MR) is 146 cm³/mol. The normalized spacial score (nSPS) is 16.5. The number of aromatic nitrogens is 1. The van der Waals surface area contributed by atoms with E-state index >= 15 is 0 Å². The van der Waals surface area contributed by atoms with Crippen LogP contribution in [0.25, 0.3) is 5.00 Å². The van der Waals surface area contributed by atoms with Gasteiger partial charge in [0.2, 0.25) is 0 Å². The van der Waals surface area contributed by atoms with Crippen LogP contribution >= 0.6 is 22.9 Å². The van der Waals surface area contributed by atoms with Crippen molar-refractivity contribution in [2.75, 3.05) is 12.4 Å². The summed E-state index contributed by atoms with van der Waals surface area (Å²) in [5.41, 5.74) is 6.50. The Labute approximate surface area is 220 Å². The van der Waals surface area contributed by atoms with Gasteiger partial charge in [0, 0.05) is 27.3 Å². The molecule has 1 N–H and O–H groups in total. The van der Waals surface area contributed by atoms with Crippen LogP contribution in [0.4, 0.5) is 10.5 Å². The molecule has 7 heteroatoms. The maximum Gasteiger partial charge on any atom is 0.322 e. The summed E-state index contributed by atoms with van der Waals surface area (Å²) in [4.78, 5) is 17.4. The molecule has 0 unspecified atom stereocenters. The molecule has 3 heterocycles. The van der Waals surface area contributed by atoms with E-state index in [9.17, 15) is 4.79 Å². The third-order valence-electron chi connectivity index (χ3n) is 7.29. The Bertz CT molecular complexity index is 1440. The lowest BCUT2D eigenvalue weighted by Gasteiger charge is -2.31. The standard InChI is InChI=1S/C29H28ClN3O2S/c1-18-9-12-20(16-24(18)30)31-29(34)33-17-23-22-6-3-4-8-26(22)36-28(23)32-15-5-7-25(32)27(33)19-10-13-21(35-2)14-11-19/h5,7,9-16,27H,3-4,6,8,17H2,1-2H3,(H,31,34)/t27-/m0/s1. The highest BCUT2D eigenvalue weighted by molar-refractivity contribution is 7.15. The van der Waals surface area contributed by atoms with Crippen LogP contribution in [0.1, 0.15) is 51.7 Å². The van der Waals surface area contributed by atoms with Crippen molar-refractivity contribution in [2.24, 2.45) is 0 Å². The number of fused-ring (bicyclic) bond motifs is 5. The maximum absolute atomic E-state index is 14.0. The third kappa shape index (κ3) is 3.98. The minimum absolute atomic E-state index is 0.146. The SMILES string of the molecule is COc1ccc([C@H]2c3cccn3-c3sc4c(c3CN2C(=O)Nc2ccc(C)c(Cl)c2)CCCC4)cc1. The van der Waals surface area contributed by atoms with Gasteiger partial charge in [0.25, 0.3) is 0 Å².